The van der Waals surface area contributed by atoms with Crippen LogP contribution in [0.2, 0.25) is 0 Å². The van der Waals surface area contributed by atoms with Gasteiger partial charge in [0.15, 0.2) is 5.69 Å². The highest BCUT2D eigenvalue weighted by Crippen LogP contribution is 2.34. The Hall–Kier alpha value is -3.39. The van der Waals surface area contributed by atoms with Crippen LogP contribution in [0, 0.1) is 12.8 Å². The third kappa shape index (κ3) is 5.32. The van der Waals surface area contributed by atoms with Crippen LogP contribution in [0.4, 0.5) is 11.4 Å². The monoisotopic (exact) mass is 478 g/mol. The molecule has 0 saturated carbocycles. The number of pyridine rings is 1. The molecule has 0 spiro atoms. The van der Waals surface area contributed by atoms with E-state index < -0.39 is 5.97 Å². The fourth-order valence-corrected chi connectivity index (χ4v) is 4.36. The van der Waals surface area contributed by atoms with Crippen molar-refractivity contribution in [1.29, 1.82) is 0 Å². The van der Waals surface area contributed by atoms with Gasteiger partial charge < -0.3 is 24.7 Å². The standard InChI is InChI=1S/C27H34N4O4/c1-5-17(2)26(32)30-23-22-13-20(28-14-19-10-7-6-9-18(19)3)15-29-25(22)31(24(23)27(33)34-4)16-21-11-8-12-35-21/h6-7,9-10,13,15,17,21,28H,5,8,11-12,14,16H2,1-4H3,(H,30,32)/t17-,21+/m0/s1. The molecule has 1 fully saturated rings. The molecule has 8 nitrogen and oxygen atoms in total. The lowest BCUT2D eigenvalue weighted by atomic mass is 10.1. The van der Waals surface area contributed by atoms with Gasteiger partial charge in [0.2, 0.25) is 5.91 Å². The van der Waals surface area contributed by atoms with E-state index in [0.29, 0.717) is 48.5 Å². The number of ether oxygens (including phenoxy) is 2. The topological polar surface area (TPSA) is 94.5 Å². The molecule has 0 bridgehead atoms. The number of aryl methyl sites for hydroxylation is 1. The lowest BCUT2D eigenvalue weighted by Crippen LogP contribution is -2.23. The molecule has 2 atom stereocenters. The fraction of sp³-hybridized carbons (Fsp3) is 0.444. The first kappa shape index (κ1) is 24.7. The summed E-state index contributed by atoms with van der Waals surface area (Å²) in [5, 5.41) is 7.12. The third-order valence-electron chi connectivity index (χ3n) is 6.74. The van der Waals surface area contributed by atoms with Crippen LogP contribution in [0.15, 0.2) is 36.5 Å². The zero-order valence-electron chi connectivity index (χ0n) is 20.9. The maximum atomic E-state index is 13.0. The Balaban J connectivity index is 1.78. The minimum Gasteiger partial charge on any atom is -0.464 e. The van der Waals surface area contributed by atoms with Gasteiger partial charge in [-0.2, -0.15) is 0 Å². The van der Waals surface area contributed by atoms with Gasteiger partial charge in [-0.1, -0.05) is 38.1 Å². The average molecular weight is 479 g/mol. The molecular weight excluding hydrogens is 444 g/mol. The molecule has 0 radical (unpaired) electrons. The summed E-state index contributed by atoms with van der Waals surface area (Å²) < 4.78 is 12.8. The SMILES string of the molecule is CC[C@H](C)C(=O)Nc1c(C(=O)OC)n(C[C@H]2CCCO2)c2ncc(NCc3ccccc3C)cc12. The van der Waals surface area contributed by atoms with Crippen LogP contribution in [0.3, 0.4) is 0 Å². The zero-order valence-corrected chi connectivity index (χ0v) is 20.9. The number of fused-ring (bicyclic) bond motifs is 1. The van der Waals surface area contributed by atoms with E-state index in [4.69, 9.17) is 14.5 Å². The molecule has 1 aliphatic heterocycles. The number of amides is 1. The Bertz CT molecular complexity index is 1210. The number of nitrogens with one attached hydrogen (secondary N) is 2. The third-order valence-corrected chi connectivity index (χ3v) is 6.74. The second kappa shape index (κ2) is 10.9. The summed E-state index contributed by atoms with van der Waals surface area (Å²) in [5.74, 6) is -0.866. The molecule has 1 aliphatic rings. The molecule has 1 aromatic carbocycles. The molecule has 3 heterocycles. The minimum absolute atomic E-state index is 0.0206. The average Bonchev–Trinajstić information content (AvgIpc) is 3.49. The van der Waals surface area contributed by atoms with Crippen LogP contribution in [0.1, 0.15) is 54.7 Å². The quantitative estimate of drug-likeness (QED) is 0.425. The minimum atomic E-state index is -0.519. The predicted octanol–water partition coefficient (Wildman–Crippen LogP) is 4.91. The van der Waals surface area contributed by atoms with Crippen molar-refractivity contribution in [3.05, 3.63) is 53.3 Å². The fourth-order valence-electron chi connectivity index (χ4n) is 4.36. The van der Waals surface area contributed by atoms with Crippen molar-refractivity contribution in [3.63, 3.8) is 0 Å². The Labute approximate surface area is 206 Å². The first-order chi connectivity index (χ1) is 16.9. The number of rotatable bonds is 9. The van der Waals surface area contributed by atoms with Gasteiger partial charge in [-0.15, -0.1) is 0 Å². The van der Waals surface area contributed by atoms with Crippen molar-refractivity contribution < 1.29 is 19.1 Å². The number of anilines is 2. The number of hydrogen-bond donors (Lipinski definition) is 2. The molecule has 1 saturated heterocycles. The van der Waals surface area contributed by atoms with Crippen molar-refractivity contribution >= 4 is 34.3 Å². The summed E-state index contributed by atoms with van der Waals surface area (Å²) in [6.45, 7) is 7.70. The maximum absolute atomic E-state index is 13.0. The number of carbonyl (C=O) groups is 2. The Morgan fingerprint density at radius 1 is 1.31 bits per heavy atom. The number of benzene rings is 1. The summed E-state index contributed by atoms with van der Waals surface area (Å²) in [6, 6.07) is 10.1. The molecule has 35 heavy (non-hydrogen) atoms. The van der Waals surface area contributed by atoms with Gasteiger partial charge >= 0.3 is 5.97 Å². The van der Waals surface area contributed by atoms with Crippen LogP contribution in [-0.2, 0) is 27.4 Å². The van der Waals surface area contributed by atoms with E-state index in [2.05, 4.69) is 29.7 Å². The zero-order chi connectivity index (χ0) is 24.9. The van der Waals surface area contributed by atoms with Crippen LogP contribution in [0.25, 0.3) is 11.0 Å². The van der Waals surface area contributed by atoms with Gasteiger partial charge in [-0.25, -0.2) is 9.78 Å². The van der Waals surface area contributed by atoms with E-state index >= 15 is 0 Å². The van der Waals surface area contributed by atoms with Crippen LogP contribution < -0.4 is 10.6 Å². The predicted molar refractivity (Wildman–Crippen MR) is 137 cm³/mol. The number of carbonyl (C=O) groups excluding carboxylic acids is 2. The highest BCUT2D eigenvalue weighted by atomic mass is 16.5. The van der Waals surface area contributed by atoms with Gasteiger partial charge in [0, 0.05) is 24.5 Å². The summed E-state index contributed by atoms with van der Waals surface area (Å²) >= 11 is 0. The van der Waals surface area contributed by atoms with Crippen LogP contribution >= 0.6 is 0 Å². The van der Waals surface area contributed by atoms with Gasteiger partial charge in [-0.05, 0) is 43.4 Å². The molecule has 0 aliphatic carbocycles. The Kier molecular flexibility index (Phi) is 7.70. The summed E-state index contributed by atoms with van der Waals surface area (Å²) in [6.07, 6.45) is 4.32. The first-order valence-corrected chi connectivity index (χ1v) is 12.2. The summed E-state index contributed by atoms with van der Waals surface area (Å²) in [5.41, 5.74) is 4.52. The molecule has 1 amide bonds. The largest absolute Gasteiger partial charge is 0.464 e. The number of methoxy groups -OCH3 is 1. The van der Waals surface area contributed by atoms with Crippen molar-refractivity contribution in [1.82, 2.24) is 9.55 Å². The van der Waals surface area contributed by atoms with E-state index in [-0.39, 0.29) is 17.9 Å². The molecule has 186 valence electrons. The number of aromatic nitrogens is 2. The van der Waals surface area contributed by atoms with Gasteiger partial charge in [-0.3, -0.25) is 4.79 Å². The lowest BCUT2D eigenvalue weighted by Gasteiger charge is -2.15. The normalized spacial score (nSPS) is 16.3. The smallest absolute Gasteiger partial charge is 0.356 e. The van der Waals surface area contributed by atoms with E-state index in [1.54, 1.807) is 6.20 Å². The highest BCUT2D eigenvalue weighted by Gasteiger charge is 2.29. The summed E-state index contributed by atoms with van der Waals surface area (Å²) in [7, 11) is 1.35. The van der Waals surface area contributed by atoms with E-state index in [1.807, 2.05) is 36.6 Å². The molecule has 2 N–H and O–H groups in total. The number of nitrogens with zero attached hydrogens (tertiary/aromatic N) is 2. The van der Waals surface area contributed by atoms with E-state index in [1.165, 1.54) is 18.2 Å². The van der Waals surface area contributed by atoms with Gasteiger partial charge in [0.1, 0.15) is 5.65 Å². The van der Waals surface area contributed by atoms with Crippen LogP contribution in [0.5, 0.6) is 0 Å². The highest BCUT2D eigenvalue weighted by molar-refractivity contribution is 6.11. The van der Waals surface area contributed by atoms with Gasteiger partial charge in [0.25, 0.3) is 0 Å². The van der Waals surface area contributed by atoms with Crippen molar-refractivity contribution in [3.8, 4) is 0 Å². The molecule has 8 heteroatoms. The molecule has 4 rings (SSSR count). The first-order valence-electron chi connectivity index (χ1n) is 12.2. The summed E-state index contributed by atoms with van der Waals surface area (Å²) in [4.78, 5) is 30.6. The second-order valence-electron chi connectivity index (χ2n) is 9.13. The lowest BCUT2D eigenvalue weighted by molar-refractivity contribution is -0.119. The number of esters is 1. The Morgan fingerprint density at radius 2 is 2.11 bits per heavy atom. The van der Waals surface area contributed by atoms with Crippen molar-refractivity contribution in [2.45, 2.75) is 59.2 Å². The van der Waals surface area contributed by atoms with E-state index in [9.17, 15) is 9.59 Å². The van der Waals surface area contributed by atoms with Crippen molar-refractivity contribution in [2.75, 3.05) is 24.4 Å². The second-order valence-corrected chi connectivity index (χ2v) is 9.13. The molecular formula is C27H34N4O4. The molecule has 2 aromatic heterocycles. The molecule has 3 aromatic rings. The molecule has 0 unspecified atom stereocenters. The van der Waals surface area contributed by atoms with E-state index in [0.717, 1.165) is 18.5 Å². The maximum Gasteiger partial charge on any atom is 0.356 e. The van der Waals surface area contributed by atoms with Crippen molar-refractivity contribution in [2.24, 2.45) is 5.92 Å². The van der Waals surface area contributed by atoms with Gasteiger partial charge in [0.05, 0.1) is 37.3 Å². The van der Waals surface area contributed by atoms with Crippen LogP contribution in [-0.4, -0.2) is 41.2 Å². The Morgan fingerprint density at radius 3 is 2.80 bits per heavy atom. The number of hydrogen-bond acceptors (Lipinski definition) is 6.